The molecule has 2 aromatic rings. The number of aromatic nitrogens is 2. The molecule has 0 radical (unpaired) electrons. The molecule has 1 amide bonds. The van der Waals surface area contributed by atoms with Crippen molar-refractivity contribution in [2.75, 3.05) is 12.4 Å². The third kappa shape index (κ3) is 2.20. The largest absolute Gasteiger partial charge is 0.504 e. The van der Waals surface area contributed by atoms with Gasteiger partial charge in [-0.05, 0) is 18.6 Å². The average molecular weight is 322 g/mol. The van der Waals surface area contributed by atoms with E-state index < -0.39 is 0 Å². The minimum absolute atomic E-state index is 0.0174. The number of hydrogen-bond donors (Lipinski definition) is 2. The molecular weight excluding hydrogens is 306 g/mol. The molecule has 0 unspecified atom stereocenters. The van der Waals surface area contributed by atoms with Gasteiger partial charge in [0.2, 0.25) is 5.91 Å². The number of carbonyl (C=O) groups excluding carboxylic acids is 1. The van der Waals surface area contributed by atoms with Crippen molar-refractivity contribution >= 4 is 23.2 Å². The maximum absolute atomic E-state index is 12.0. The zero-order chi connectivity index (χ0) is 16.0. The van der Waals surface area contributed by atoms with Crippen LogP contribution in [-0.2, 0) is 11.8 Å². The highest BCUT2D eigenvalue weighted by Gasteiger charge is 2.32. The number of amides is 1. The van der Waals surface area contributed by atoms with Crippen LogP contribution in [0.15, 0.2) is 12.1 Å². The number of aryl methyl sites for hydroxylation is 2. The topological polar surface area (TPSA) is 76.4 Å². The van der Waals surface area contributed by atoms with Crippen LogP contribution in [0.1, 0.15) is 29.2 Å². The van der Waals surface area contributed by atoms with E-state index in [-0.39, 0.29) is 24.0 Å². The molecule has 1 aromatic heterocycles. The number of methoxy groups -OCH3 is 1. The fourth-order valence-electron chi connectivity index (χ4n) is 2.94. The zero-order valence-electron chi connectivity index (χ0n) is 12.5. The number of ether oxygens (including phenoxy) is 1. The summed E-state index contributed by atoms with van der Waals surface area (Å²) in [5, 5.41) is 17.5. The van der Waals surface area contributed by atoms with Crippen molar-refractivity contribution in [1.82, 2.24) is 9.78 Å². The van der Waals surface area contributed by atoms with Crippen molar-refractivity contribution in [3.05, 3.63) is 34.1 Å². The summed E-state index contributed by atoms with van der Waals surface area (Å²) in [7, 11) is 3.25. The number of nitrogens with one attached hydrogen (secondary N) is 1. The third-order valence-electron chi connectivity index (χ3n) is 3.93. The van der Waals surface area contributed by atoms with E-state index in [0.29, 0.717) is 16.6 Å². The number of anilines is 1. The van der Waals surface area contributed by atoms with Gasteiger partial charge in [0.15, 0.2) is 11.5 Å². The fraction of sp³-hybridized carbons (Fsp3) is 0.333. The number of phenols is 1. The van der Waals surface area contributed by atoms with Crippen molar-refractivity contribution < 1.29 is 14.6 Å². The van der Waals surface area contributed by atoms with Gasteiger partial charge >= 0.3 is 0 Å². The lowest BCUT2D eigenvalue weighted by atomic mass is 9.84. The molecule has 6 nitrogen and oxygen atoms in total. The molecule has 116 valence electrons. The van der Waals surface area contributed by atoms with Crippen molar-refractivity contribution in [2.45, 2.75) is 19.3 Å². The van der Waals surface area contributed by atoms with Crippen LogP contribution < -0.4 is 10.1 Å². The van der Waals surface area contributed by atoms with Crippen LogP contribution in [0.5, 0.6) is 11.5 Å². The maximum Gasteiger partial charge on any atom is 0.225 e. The molecule has 0 aliphatic carbocycles. The molecular formula is C15H16ClN3O3. The smallest absolute Gasteiger partial charge is 0.225 e. The van der Waals surface area contributed by atoms with Crippen molar-refractivity contribution in [3.8, 4) is 11.5 Å². The van der Waals surface area contributed by atoms with Gasteiger partial charge in [0.05, 0.1) is 12.8 Å². The highest BCUT2D eigenvalue weighted by Crippen LogP contribution is 2.44. The van der Waals surface area contributed by atoms with E-state index in [1.165, 1.54) is 13.2 Å². The van der Waals surface area contributed by atoms with Crippen LogP contribution in [0.2, 0.25) is 5.15 Å². The number of nitrogens with zero attached hydrogens (tertiary/aromatic N) is 2. The summed E-state index contributed by atoms with van der Waals surface area (Å²) in [6.07, 6.45) is 0.271. The predicted octanol–water partition coefficient (Wildman–Crippen LogP) is 2.57. The minimum atomic E-state index is -0.223. The Kier molecular flexibility index (Phi) is 3.48. The molecule has 0 fully saturated rings. The molecule has 0 spiro atoms. The van der Waals surface area contributed by atoms with Gasteiger partial charge in [-0.25, -0.2) is 0 Å². The molecule has 22 heavy (non-hydrogen) atoms. The SMILES string of the molecule is COc1cc2c(cc1O)NC(=O)C[C@@H]2c1c(C)nn(C)c1Cl. The van der Waals surface area contributed by atoms with E-state index >= 15 is 0 Å². The summed E-state index contributed by atoms with van der Waals surface area (Å²) < 4.78 is 6.76. The second kappa shape index (κ2) is 5.21. The van der Waals surface area contributed by atoms with Gasteiger partial charge in [-0.1, -0.05) is 11.6 Å². The van der Waals surface area contributed by atoms with E-state index in [2.05, 4.69) is 10.4 Å². The lowest BCUT2D eigenvalue weighted by Gasteiger charge is -2.26. The molecule has 0 saturated carbocycles. The Labute approximate surface area is 132 Å². The van der Waals surface area contributed by atoms with Gasteiger partial charge in [-0.2, -0.15) is 5.10 Å². The number of phenolic OH excluding ortho intramolecular Hbond substituents is 1. The van der Waals surface area contributed by atoms with Gasteiger partial charge in [0, 0.05) is 36.7 Å². The molecule has 2 heterocycles. The Morgan fingerprint density at radius 1 is 1.50 bits per heavy atom. The van der Waals surface area contributed by atoms with Crippen LogP contribution in [0.3, 0.4) is 0 Å². The number of rotatable bonds is 2. The first kappa shape index (κ1) is 14.7. The van der Waals surface area contributed by atoms with Crippen molar-refractivity contribution in [2.24, 2.45) is 7.05 Å². The molecule has 7 heteroatoms. The predicted molar refractivity (Wildman–Crippen MR) is 82.7 cm³/mol. The molecule has 1 aliphatic rings. The van der Waals surface area contributed by atoms with E-state index in [1.54, 1.807) is 17.8 Å². The monoisotopic (exact) mass is 321 g/mol. The average Bonchev–Trinajstić information content (AvgIpc) is 2.70. The molecule has 3 rings (SSSR count). The molecule has 0 bridgehead atoms. The molecule has 1 aromatic carbocycles. The first-order valence-electron chi connectivity index (χ1n) is 6.82. The highest BCUT2D eigenvalue weighted by atomic mass is 35.5. The van der Waals surface area contributed by atoms with E-state index in [9.17, 15) is 9.90 Å². The highest BCUT2D eigenvalue weighted by molar-refractivity contribution is 6.30. The van der Waals surface area contributed by atoms with Crippen molar-refractivity contribution in [3.63, 3.8) is 0 Å². The van der Waals surface area contributed by atoms with Gasteiger partial charge < -0.3 is 15.2 Å². The standard InChI is InChI=1S/C15H16ClN3O3/c1-7-14(15(16)19(2)18-7)9-5-13(21)17-10-6-11(20)12(22-3)4-8(9)10/h4,6,9,20H,5H2,1-3H3,(H,17,21)/t9-/m0/s1. The van der Waals surface area contributed by atoms with Crippen LogP contribution in [0, 0.1) is 6.92 Å². The normalized spacial score (nSPS) is 17.1. The van der Waals surface area contributed by atoms with E-state index in [1.807, 2.05) is 6.92 Å². The van der Waals surface area contributed by atoms with Gasteiger partial charge in [-0.15, -0.1) is 0 Å². The Hall–Kier alpha value is -2.21. The summed E-state index contributed by atoms with van der Waals surface area (Å²) in [6, 6.07) is 3.23. The number of carbonyl (C=O) groups is 1. The first-order chi connectivity index (χ1) is 10.4. The minimum Gasteiger partial charge on any atom is -0.504 e. The Morgan fingerprint density at radius 2 is 2.23 bits per heavy atom. The summed E-state index contributed by atoms with van der Waals surface area (Å²) in [4.78, 5) is 12.0. The number of fused-ring (bicyclic) bond motifs is 1. The Morgan fingerprint density at radius 3 is 2.82 bits per heavy atom. The fourth-order valence-corrected chi connectivity index (χ4v) is 3.25. The first-order valence-corrected chi connectivity index (χ1v) is 7.20. The molecule has 1 atom stereocenters. The van der Waals surface area contributed by atoms with Crippen LogP contribution in [-0.4, -0.2) is 27.9 Å². The van der Waals surface area contributed by atoms with Gasteiger partial charge in [0.1, 0.15) is 5.15 Å². The van der Waals surface area contributed by atoms with Crippen LogP contribution in [0.25, 0.3) is 0 Å². The number of hydrogen-bond acceptors (Lipinski definition) is 4. The summed E-state index contributed by atoms with van der Waals surface area (Å²) >= 11 is 6.35. The van der Waals surface area contributed by atoms with E-state index in [4.69, 9.17) is 16.3 Å². The van der Waals surface area contributed by atoms with Gasteiger partial charge in [-0.3, -0.25) is 9.48 Å². The second-order valence-corrected chi connectivity index (χ2v) is 5.69. The lowest BCUT2D eigenvalue weighted by molar-refractivity contribution is -0.116. The van der Waals surface area contributed by atoms with Crippen molar-refractivity contribution in [1.29, 1.82) is 0 Å². The number of halogens is 1. The van der Waals surface area contributed by atoms with Crippen LogP contribution in [0.4, 0.5) is 5.69 Å². The summed E-state index contributed by atoms with van der Waals surface area (Å²) in [6.45, 7) is 1.87. The molecule has 2 N–H and O–H groups in total. The Balaban J connectivity index is 2.21. The molecule has 0 saturated heterocycles. The van der Waals surface area contributed by atoms with E-state index in [0.717, 1.165) is 16.8 Å². The summed E-state index contributed by atoms with van der Waals surface area (Å²) in [5.41, 5.74) is 3.03. The molecule has 1 aliphatic heterocycles. The second-order valence-electron chi connectivity index (χ2n) is 5.33. The Bertz CT molecular complexity index is 770. The van der Waals surface area contributed by atoms with Crippen LogP contribution >= 0.6 is 11.6 Å². The number of aromatic hydroxyl groups is 1. The zero-order valence-corrected chi connectivity index (χ0v) is 13.2. The van der Waals surface area contributed by atoms with Gasteiger partial charge in [0.25, 0.3) is 0 Å². The summed E-state index contributed by atoms with van der Waals surface area (Å²) in [5.74, 6) is -0.00499. The third-order valence-corrected chi connectivity index (χ3v) is 4.38. The lowest BCUT2D eigenvalue weighted by Crippen LogP contribution is -2.24. The maximum atomic E-state index is 12.0. The quantitative estimate of drug-likeness (QED) is 0.891. The number of benzene rings is 1.